The lowest BCUT2D eigenvalue weighted by molar-refractivity contribution is -0.144. The average molecular weight is 596 g/mol. The topological polar surface area (TPSA) is 262 Å². The van der Waals surface area contributed by atoms with Gasteiger partial charge in [-0.1, -0.05) is 6.92 Å². The first-order valence-corrected chi connectivity index (χ1v) is 12.6. The van der Waals surface area contributed by atoms with E-state index in [9.17, 15) is 39.0 Å². The Morgan fingerprint density at radius 3 is 1.12 bits per heavy atom. The first-order chi connectivity index (χ1) is 18.6. The molecule has 0 aromatic heterocycles. The molecule has 0 aromatic carbocycles. The van der Waals surface area contributed by atoms with E-state index in [0.29, 0.717) is 6.42 Å². The minimum atomic E-state index is -1.42. The van der Waals surface area contributed by atoms with Gasteiger partial charge in [-0.3, -0.25) is 29.8 Å². The van der Waals surface area contributed by atoms with Crippen molar-refractivity contribution in [2.24, 2.45) is 0 Å². The van der Waals surface area contributed by atoms with E-state index in [-0.39, 0.29) is 6.54 Å². The van der Waals surface area contributed by atoms with E-state index >= 15 is 0 Å². The van der Waals surface area contributed by atoms with Crippen LogP contribution in [0.1, 0.15) is 54.9 Å². The molecule has 0 bridgehead atoms. The third kappa shape index (κ3) is 20.8. The van der Waals surface area contributed by atoms with Crippen LogP contribution in [0.15, 0.2) is 0 Å². The lowest BCUT2D eigenvalue weighted by Gasteiger charge is -2.24. The molecule has 0 saturated carbocycles. The molecule has 0 aliphatic rings. The Morgan fingerprint density at radius 1 is 0.585 bits per heavy atom. The van der Waals surface area contributed by atoms with Gasteiger partial charge in [-0.2, -0.15) is 0 Å². The highest BCUT2D eigenvalue weighted by atomic mass is 16.6. The second kappa shape index (κ2) is 18.6. The molecule has 0 saturated heterocycles. The van der Waals surface area contributed by atoms with Crippen LogP contribution in [-0.2, 0) is 28.7 Å². The maximum Gasteiger partial charge on any atom is 0.407 e. The fraction of sp³-hybridized carbons (Fsp3) is 0.750. The molecule has 0 radical (unpaired) electrons. The molecule has 0 aliphatic heterocycles. The monoisotopic (exact) mass is 595 g/mol. The van der Waals surface area contributed by atoms with Crippen LogP contribution in [0.2, 0.25) is 0 Å². The largest absolute Gasteiger partial charge is 0.480 e. The van der Waals surface area contributed by atoms with Crippen molar-refractivity contribution >= 4 is 36.1 Å². The van der Waals surface area contributed by atoms with Gasteiger partial charge >= 0.3 is 36.1 Å². The first kappa shape index (κ1) is 39.4. The van der Waals surface area contributed by atoms with Gasteiger partial charge < -0.3 is 45.9 Å². The Kier molecular flexibility index (Phi) is 17.9. The predicted octanol–water partition coefficient (Wildman–Crippen LogP) is -0.356. The van der Waals surface area contributed by atoms with Crippen LogP contribution >= 0.6 is 0 Å². The molecule has 238 valence electrons. The fourth-order valence-corrected chi connectivity index (χ4v) is 2.71. The molecule has 9 N–H and O–H groups in total. The Balaban J connectivity index is 0. The molecule has 17 nitrogen and oxygen atoms in total. The SMILES string of the molecule is CC(C)(C)OC(=O)NCC(N[C@@H](CNC(=O)OC(C)(C)C)C(=O)O)C(=O)O.CC[C@H](NC(CNC)C(=O)O)C(=O)O. The van der Waals surface area contributed by atoms with Crippen LogP contribution in [0.25, 0.3) is 0 Å². The molecule has 2 unspecified atom stereocenters. The molecular formula is C24H45N5O12. The summed E-state index contributed by atoms with van der Waals surface area (Å²) in [7, 11) is 1.61. The summed E-state index contributed by atoms with van der Waals surface area (Å²) in [5.74, 6) is -4.85. The molecule has 0 heterocycles. The molecule has 0 rings (SSSR count). The van der Waals surface area contributed by atoms with Gasteiger partial charge in [-0.25, -0.2) is 9.59 Å². The molecule has 0 spiro atoms. The summed E-state index contributed by atoms with van der Waals surface area (Å²) in [5.41, 5.74) is -1.53. The molecule has 0 aliphatic carbocycles. The minimum Gasteiger partial charge on any atom is -0.480 e. The number of hydrogen-bond donors (Lipinski definition) is 9. The molecular weight excluding hydrogens is 550 g/mol. The molecule has 2 amide bonds. The van der Waals surface area contributed by atoms with Crippen LogP contribution < -0.4 is 26.6 Å². The highest BCUT2D eigenvalue weighted by Crippen LogP contribution is 2.07. The summed E-state index contributed by atoms with van der Waals surface area (Å²) in [6, 6.07) is -4.52. The number of amides is 2. The molecule has 0 aromatic rings. The highest BCUT2D eigenvalue weighted by molar-refractivity contribution is 5.79. The van der Waals surface area contributed by atoms with Gasteiger partial charge in [0.15, 0.2) is 0 Å². The first-order valence-electron chi connectivity index (χ1n) is 12.6. The van der Waals surface area contributed by atoms with E-state index in [1.165, 1.54) is 0 Å². The van der Waals surface area contributed by atoms with Crippen LogP contribution in [0.4, 0.5) is 9.59 Å². The van der Waals surface area contributed by atoms with Crippen molar-refractivity contribution in [3.05, 3.63) is 0 Å². The summed E-state index contributed by atoms with van der Waals surface area (Å²) in [4.78, 5) is 67.1. The minimum absolute atomic E-state index is 0.194. The lowest BCUT2D eigenvalue weighted by Crippen LogP contribution is -2.56. The second-order valence-corrected chi connectivity index (χ2v) is 10.6. The van der Waals surface area contributed by atoms with Crippen molar-refractivity contribution in [2.75, 3.05) is 26.7 Å². The summed E-state index contributed by atoms with van der Waals surface area (Å²) in [6.07, 6.45) is -1.33. The summed E-state index contributed by atoms with van der Waals surface area (Å²) < 4.78 is 9.97. The highest BCUT2D eigenvalue weighted by Gasteiger charge is 2.28. The molecule has 41 heavy (non-hydrogen) atoms. The van der Waals surface area contributed by atoms with Crippen LogP contribution in [0, 0.1) is 0 Å². The zero-order chi connectivity index (χ0) is 32.6. The maximum absolute atomic E-state index is 11.6. The normalized spacial score (nSPS) is 14.1. The summed E-state index contributed by atoms with van der Waals surface area (Å²) in [6.45, 7) is 10.9. The van der Waals surface area contributed by atoms with Crippen LogP contribution in [0.5, 0.6) is 0 Å². The third-order valence-electron chi connectivity index (χ3n) is 4.51. The van der Waals surface area contributed by atoms with Crippen molar-refractivity contribution in [1.82, 2.24) is 26.6 Å². The molecule has 4 atom stereocenters. The lowest BCUT2D eigenvalue weighted by atomic mass is 10.2. The number of carbonyl (C=O) groups is 6. The Bertz CT molecular complexity index is 837. The zero-order valence-electron chi connectivity index (χ0n) is 24.7. The maximum atomic E-state index is 11.6. The van der Waals surface area contributed by atoms with Gasteiger partial charge in [0.05, 0.1) is 0 Å². The van der Waals surface area contributed by atoms with Gasteiger partial charge in [0, 0.05) is 19.6 Å². The number of alkyl carbamates (subject to hydrolysis) is 2. The quantitative estimate of drug-likeness (QED) is 0.117. The number of ether oxygens (including phenoxy) is 2. The Hall–Kier alpha value is -3.70. The van der Waals surface area contributed by atoms with E-state index in [1.54, 1.807) is 55.5 Å². The summed E-state index contributed by atoms with van der Waals surface area (Å²) in [5, 5.41) is 47.9. The van der Waals surface area contributed by atoms with E-state index in [4.69, 9.17) is 19.7 Å². The number of carboxylic acids is 4. The van der Waals surface area contributed by atoms with Crippen LogP contribution in [0.3, 0.4) is 0 Å². The predicted molar refractivity (Wildman–Crippen MR) is 145 cm³/mol. The van der Waals surface area contributed by atoms with Crippen LogP contribution in [-0.4, -0.2) is 119 Å². The number of carboxylic acid groups (broad SMARTS) is 4. The fourth-order valence-electron chi connectivity index (χ4n) is 2.71. The van der Waals surface area contributed by atoms with Crippen molar-refractivity contribution < 1.29 is 58.7 Å². The van der Waals surface area contributed by atoms with Crippen molar-refractivity contribution in [2.45, 2.75) is 90.3 Å². The number of rotatable bonds is 15. The number of aliphatic carboxylic acids is 4. The van der Waals surface area contributed by atoms with Crippen molar-refractivity contribution in [3.8, 4) is 0 Å². The summed E-state index contributed by atoms with van der Waals surface area (Å²) >= 11 is 0. The third-order valence-corrected chi connectivity index (χ3v) is 4.51. The number of hydrogen-bond acceptors (Lipinski definition) is 11. The van der Waals surface area contributed by atoms with Gasteiger partial charge in [0.25, 0.3) is 0 Å². The molecule has 17 heteroatoms. The smallest absolute Gasteiger partial charge is 0.407 e. The average Bonchev–Trinajstić information content (AvgIpc) is 2.78. The van der Waals surface area contributed by atoms with E-state index in [0.717, 1.165) is 0 Å². The van der Waals surface area contributed by atoms with Gasteiger partial charge in [0.2, 0.25) is 0 Å². The van der Waals surface area contributed by atoms with Crippen molar-refractivity contribution in [3.63, 3.8) is 0 Å². The standard InChI is InChI=1S/C16H29N3O8.C8H16N2O4/c1-15(2,3)26-13(24)17-7-9(11(20)21)19-10(12(22)23)8-18-14(25)27-16(4,5)6;1-3-5(7(11)12)10-6(4-9-2)8(13)14/h9-10,19H,7-8H2,1-6H3,(H,17,24)(H,18,25)(H,20,21)(H,22,23);5-6,9-10H,3-4H2,1-2H3,(H,11,12)(H,13,14)/t9-,10?;5-,6?/m00/s1. The Morgan fingerprint density at radius 2 is 0.878 bits per heavy atom. The molecule has 0 fully saturated rings. The number of carbonyl (C=O) groups excluding carboxylic acids is 2. The van der Waals surface area contributed by atoms with E-state index in [1.807, 2.05) is 0 Å². The Labute approximate surface area is 238 Å². The van der Waals surface area contributed by atoms with Gasteiger partial charge in [0.1, 0.15) is 35.4 Å². The second-order valence-electron chi connectivity index (χ2n) is 10.6. The number of likely N-dealkylation sites (N-methyl/N-ethyl adjacent to an activating group) is 1. The number of nitrogens with one attached hydrogen (secondary N) is 5. The van der Waals surface area contributed by atoms with Gasteiger partial charge in [-0.05, 0) is 55.0 Å². The zero-order valence-corrected chi connectivity index (χ0v) is 24.7. The van der Waals surface area contributed by atoms with E-state index in [2.05, 4.69) is 26.6 Å². The van der Waals surface area contributed by atoms with Gasteiger partial charge in [-0.15, -0.1) is 0 Å². The van der Waals surface area contributed by atoms with Crippen molar-refractivity contribution in [1.29, 1.82) is 0 Å². The van der Waals surface area contributed by atoms with E-state index < -0.39 is 84.5 Å².